The van der Waals surface area contributed by atoms with Crippen LogP contribution in [0.15, 0.2) is 0 Å². The molecule has 2 heterocycles. The fraction of sp³-hybridized carbons (Fsp3) is 1.00. The predicted octanol–water partition coefficient (Wildman–Crippen LogP) is 3.32. The maximum Gasteiger partial charge on any atom is 0.0670 e. The van der Waals surface area contributed by atoms with Crippen LogP contribution in [0.25, 0.3) is 0 Å². The molecule has 1 saturated carbocycles. The van der Waals surface area contributed by atoms with E-state index < -0.39 is 0 Å². The molecule has 122 valence electrons. The molecule has 3 rings (SSSR count). The van der Waals surface area contributed by atoms with Crippen LogP contribution in [0.2, 0.25) is 0 Å². The number of rotatable bonds is 3. The van der Waals surface area contributed by atoms with Crippen LogP contribution in [-0.2, 0) is 4.74 Å². The highest BCUT2D eigenvalue weighted by atomic mass is 16.5. The summed E-state index contributed by atoms with van der Waals surface area (Å²) in [6.45, 7) is 7.49. The van der Waals surface area contributed by atoms with E-state index in [0.717, 1.165) is 44.4 Å². The van der Waals surface area contributed by atoms with Gasteiger partial charge in [-0.1, -0.05) is 19.8 Å². The summed E-state index contributed by atoms with van der Waals surface area (Å²) in [4.78, 5) is 2.86. The Balaban J connectivity index is 1.83. The number of piperidine rings is 1. The number of nitrogens with two attached hydrogens (primary N) is 1. The van der Waals surface area contributed by atoms with E-state index in [1.807, 2.05) is 0 Å². The zero-order valence-corrected chi connectivity index (χ0v) is 14.1. The number of ether oxygens (including phenoxy) is 1. The van der Waals surface area contributed by atoms with Gasteiger partial charge in [-0.2, -0.15) is 0 Å². The van der Waals surface area contributed by atoms with Gasteiger partial charge in [0.1, 0.15) is 0 Å². The van der Waals surface area contributed by atoms with Crippen LogP contribution in [-0.4, -0.2) is 41.8 Å². The Hall–Kier alpha value is -0.120. The average Bonchev–Trinajstić information content (AvgIpc) is 2.54. The Bertz CT molecular complexity index is 359. The normalized spacial score (nSPS) is 45.3. The Morgan fingerprint density at radius 1 is 1.19 bits per heavy atom. The predicted molar refractivity (Wildman–Crippen MR) is 87.4 cm³/mol. The summed E-state index contributed by atoms with van der Waals surface area (Å²) in [7, 11) is 0. The quantitative estimate of drug-likeness (QED) is 0.868. The first kappa shape index (κ1) is 15.8. The lowest BCUT2D eigenvalue weighted by Crippen LogP contribution is -2.66. The molecular formula is C18H34N2O. The monoisotopic (exact) mass is 294 g/mol. The van der Waals surface area contributed by atoms with E-state index in [-0.39, 0.29) is 11.1 Å². The molecule has 3 fully saturated rings. The summed E-state index contributed by atoms with van der Waals surface area (Å²) in [6.07, 6.45) is 11.9. The third-order valence-corrected chi connectivity index (χ3v) is 6.70. The van der Waals surface area contributed by atoms with Crippen molar-refractivity contribution in [3.63, 3.8) is 0 Å². The second kappa shape index (κ2) is 6.17. The minimum atomic E-state index is 0.0270. The van der Waals surface area contributed by atoms with Gasteiger partial charge in [-0.3, -0.25) is 4.90 Å². The van der Waals surface area contributed by atoms with Crippen molar-refractivity contribution in [3.8, 4) is 0 Å². The molecule has 2 saturated heterocycles. The lowest BCUT2D eigenvalue weighted by atomic mass is 9.71. The van der Waals surface area contributed by atoms with Crippen molar-refractivity contribution >= 4 is 0 Å². The molecule has 0 amide bonds. The minimum absolute atomic E-state index is 0.0270. The highest BCUT2D eigenvalue weighted by Gasteiger charge is 2.49. The average molecular weight is 294 g/mol. The van der Waals surface area contributed by atoms with Crippen LogP contribution < -0.4 is 5.73 Å². The number of hydrogen-bond donors (Lipinski definition) is 1. The van der Waals surface area contributed by atoms with Crippen molar-refractivity contribution in [3.05, 3.63) is 0 Å². The first-order chi connectivity index (χ1) is 10.1. The molecule has 4 atom stereocenters. The lowest BCUT2D eigenvalue weighted by molar-refractivity contribution is -0.149. The van der Waals surface area contributed by atoms with Gasteiger partial charge >= 0.3 is 0 Å². The highest BCUT2D eigenvalue weighted by Crippen LogP contribution is 2.44. The Labute approximate surface area is 130 Å². The van der Waals surface area contributed by atoms with Crippen molar-refractivity contribution in [2.45, 2.75) is 88.8 Å². The molecule has 0 bridgehead atoms. The van der Waals surface area contributed by atoms with Gasteiger partial charge in [0.2, 0.25) is 0 Å². The van der Waals surface area contributed by atoms with E-state index in [1.165, 1.54) is 45.1 Å². The first-order valence-corrected chi connectivity index (χ1v) is 9.23. The standard InChI is InChI=1S/C18H34N2O/c1-3-17(2)13-18(14-19,10-12-21-17)20-11-6-8-15-7-4-5-9-16(15)20/h15-16H,3-14,19H2,1-2H3. The van der Waals surface area contributed by atoms with E-state index in [4.69, 9.17) is 10.5 Å². The van der Waals surface area contributed by atoms with Gasteiger partial charge in [0.05, 0.1) is 5.60 Å². The van der Waals surface area contributed by atoms with Crippen LogP contribution in [0.5, 0.6) is 0 Å². The Kier molecular flexibility index (Phi) is 4.63. The van der Waals surface area contributed by atoms with Gasteiger partial charge in [0.15, 0.2) is 0 Å². The smallest absolute Gasteiger partial charge is 0.0670 e. The van der Waals surface area contributed by atoms with Gasteiger partial charge in [0.25, 0.3) is 0 Å². The third kappa shape index (κ3) is 2.89. The van der Waals surface area contributed by atoms with Crippen LogP contribution >= 0.6 is 0 Å². The van der Waals surface area contributed by atoms with Gasteiger partial charge in [0, 0.05) is 24.7 Å². The van der Waals surface area contributed by atoms with E-state index in [2.05, 4.69) is 18.7 Å². The molecule has 2 aliphatic heterocycles. The van der Waals surface area contributed by atoms with Gasteiger partial charge < -0.3 is 10.5 Å². The summed E-state index contributed by atoms with van der Waals surface area (Å²) >= 11 is 0. The number of hydrogen-bond acceptors (Lipinski definition) is 3. The summed E-state index contributed by atoms with van der Waals surface area (Å²) in [6, 6.07) is 0.801. The van der Waals surface area contributed by atoms with Crippen LogP contribution in [0.1, 0.15) is 71.6 Å². The molecule has 1 aliphatic carbocycles. The lowest BCUT2D eigenvalue weighted by Gasteiger charge is -2.57. The van der Waals surface area contributed by atoms with Crippen LogP contribution in [0, 0.1) is 5.92 Å². The Morgan fingerprint density at radius 3 is 2.71 bits per heavy atom. The second-order valence-corrected chi connectivity index (χ2v) is 7.95. The molecule has 3 heteroatoms. The SMILES string of the molecule is CCC1(C)CC(CN)(N2CCCC3CCCCC32)CCO1. The summed E-state index contributed by atoms with van der Waals surface area (Å²) in [5.74, 6) is 0.937. The second-order valence-electron chi connectivity index (χ2n) is 7.95. The van der Waals surface area contributed by atoms with Gasteiger partial charge in [-0.25, -0.2) is 0 Å². The topological polar surface area (TPSA) is 38.5 Å². The van der Waals surface area contributed by atoms with Gasteiger partial charge in [-0.05, 0) is 64.3 Å². The van der Waals surface area contributed by atoms with E-state index in [9.17, 15) is 0 Å². The molecule has 3 nitrogen and oxygen atoms in total. The summed E-state index contributed by atoms with van der Waals surface area (Å²) < 4.78 is 6.12. The molecule has 0 radical (unpaired) electrons. The molecule has 0 aromatic carbocycles. The number of nitrogens with zero attached hydrogens (tertiary/aromatic N) is 1. The van der Waals surface area contributed by atoms with Crippen LogP contribution in [0.4, 0.5) is 0 Å². The van der Waals surface area contributed by atoms with E-state index in [0.29, 0.717) is 0 Å². The van der Waals surface area contributed by atoms with Gasteiger partial charge in [-0.15, -0.1) is 0 Å². The Morgan fingerprint density at radius 2 is 1.95 bits per heavy atom. The van der Waals surface area contributed by atoms with Crippen LogP contribution in [0.3, 0.4) is 0 Å². The molecule has 0 aromatic heterocycles. The summed E-state index contributed by atoms with van der Waals surface area (Å²) in [5.41, 5.74) is 6.59. The molecule has 2 N–H and O–H groups in total. The molecule has 0 aromatic rings. The zero-order chi connectivity index (χ0) is 14.9. The number of likely N-dealkylation sites (tertiary alicyclic amines) is 1. The number of fused-ring (bicyclic) bond motifs is 1. The molecule has 3 aliphatic rings. The minimum Gasteiger partial charge on any atom is -0.375 e. The molecule has 21 heavy (non-hydrogen) atoms. The maximum atomic E-state index is 6.37. The molecule has 0 spiro atoms. The zero-order valence-electron chi connectivity index (χ0n) is 14.1. The van der Waals surface area contributed by atoms with E-state index in [1.54, 1.807) is 0 Å². The summed E-state index contributed by atoms with van der Waals surface area (Å²) in [5, 5.41) is 0. The largest absolute Gasteiger partial charge is 0.375 e. The van der Waals surface area contributed by atoms with Crippen molar-refractivity contribution in [2.24, 2.45) is 11.7 Å². The third-order valence-electron chi connectivity index (χ3n) is 6.70. The fourth-order valence-electron chi connectivity index (χ4n) is 5.30. The maximum absolute atomic E-state index is 6.37. The van der Waals surface area contributed by atoms with Crippen molar-refractivity contribution in [1.82, 2.24) is 4.90 Å². The van der Waals surface area contributed by atoms with Crippen molar-refractivity contribution in [1.29, 1.82) is 0 Å². The fourth-order valence-corrected chi connectivity index (χ4v) is 5.30. The highest BCUT2D eigenvalue weighted by molar-refractivity contribution is 5.04. The van der Waals surface area contributed by atoms with Crippen molar-refractivity contribution < 1.29 is 4.74 Å². The first-order valence-electron chi connectivity index (χ1n) is 9.23. The van der Waals surface area contributed by atoms with Crippen molar-refractivity contribution in [2.75, 3.05) is 19.7 Å². The molecule has 4 unspecified atom stereocenters. The molecular weight excluding hydrogens is 260 g/mol. The van der Waals surface area contributed by atoms with E-state index >= 15 is 0 Å².